The van der Waals surface area contributed by atoms with Crippen molar-refractivity contribution in [3.63, 3.8) is 0 Å². The van der Waals surface area contributed by atoms with Crippen molar-refractivity contribution in [2.45, 2.75) is 26.7 Å². The summed E-state index contributed by atoms with van der Waals surface area (Å²) in [5.41, 5.74) is 6.07. The van der Waals surface area contributed by atoms with Gasteiger partial charge in [-0.05, 0) is 18.8 Å². The van der Waals surface area contributed by atoms with Crippen LogP contribution >= 0.6 is 0 Å². The second-order valence-corrected chi connectivity index (χ2v) is 3.55. The zero-order valence-electron chi connectivity index (χ0n) is 8.09. The molecule has 0 fully saturated rings. The Kier molecular flexibility index (Phi) is 3.10. The van der Waals surface area contributed by atoms with Crippen molar-refractivity contribution in [3.8, 4) is 0 Å². The third-order valence-electron chi connectivity index (χ3n) is 3.10. The maximum absolute atomic E-state index is 5.83. The van der Waals surface area contributed by atoms with Gasteiger partial charge in [0, 0.05) is 12.0 Å². The third-order valence-corrected chi connectivity index (χ3v) is 3.10. The Morgan fingerprint density at radius 1 is 1.33 bits per heavy atom. The van der Waals surface area contributed by atoms with Gasteiger partial charge in [-0.3, -0.25) is 0 Å². The highest BCUT2D eigenvalue weighted by molar-refractivity contribution is 5.20. The van der Waals surface area contributed by atoms with Crippen molar-refractivity contribution in [3.05, 3.63) is 24.3 Å². The van der Waals surface area contributed by atoms with Gasteiger partial charge in [0.05, 0.1) is 0 Å². The molecule has 1 heteroatoms. The van der Waals surface area contributed by atoms with Crippen molar-refractivity contribution in [2.24, 2.45) is 17.1 Å². The number of hydrogen-bond acceptors (Lipinski definition) is 1. The Morgan fingerprint density at radius 3 is 2.50 bits per heavy atom. The molecule has 2 atom stereocenters. The van der Waals surface area contributed by atoms with Crippen molar-refractivity contribution in [2.75, 3.05) is 6.54 Å². The predicted octanol–water partition coefficient (Wildman–Crippen LogP) is 2.49. The molecule has 0 aromatic heterocycles. The van der Waals surface area contributed by atoms with Crippen molar-refractivity contribution in [1.29, 1.82) is 0 Å². The first kappa shape index (κ1) is 9.53. The molecule has 0 radical (unpaired) electrons. The van der Waals surface area contributed by atoms with E-state index in [1.807, 2.05) is 0 Å². The van der Waals surface area contributed by atoms with Gasteiger partial charge in [0.1, 0.15) is 0 Å². The van der Waals surface area contributed by atoms with Crippen LogP contribution in [-0.4, -0.2) is 6.54 Å². The molecule has 68 valence electrons. The van der Waals surface area contributed by atoms with E-state index >= 15 is 0 Å². The fourth-order valence-corrected chi connectivity index (χ4v) is 2.05. The molecule has 1 rings (SSSR count). The molecule has 2 N–H and O–H groups in total. The summed E-state index contributed by atoms with van der Waals surface area (Å²) in [6.45, 7) is 5.22. The highest BCUT2D eigenvalue weighted by atomic mass is 14.6. The van der Waals surface area contributed by atoms with E-state index in [9.17, 15) is 0 Å². The minimum absolute atomic E-state index is 0.240. The van der Waals surface area contributed by atoms with Gasteiger partial charge in [0.25, 0.3) is 0 Å². The Hall–Kier alpha value is -0.560. The van der Waals surface area contributed by atoms with Gasteiger partial charge in [-0.25, -0.2) is 0 Å². The molecule has 1 nitrogen and oxygen atoms in total. The number of hydrogen-bond donors (Lipinski definition) is 1. The molecule has 1 aliphatic rings. The van der Waals surface area contributed by atoms with Crippen LogP contribution in [0.3, 0.4) is 0 Å². The second-order valence-electron chi connectivity index (χ2n) is 3.55. The lowest BCUT2D eigenvalue weighted by atomic mass is 9.70. The highest BCUT2D eigenvalue weighted by Gasteiger charge is 2.31. The zero-order chi connectivity index (χ0) is 9.03. The topological polar surface area (TPSA) is 26.0 Å². The lowest BCUT2D eigenvalue weighted by Crippen LogP contribution is -2.35. The monoisotopic (exact) mass is 165 g/mol. The Morgan fingerprint density at radius 2 is 2.08 bits per heavy atom. The van der Waals surface area contributed by atoms with E-state index in [1.165, 1.54) is 6.42 Å². The maximum atomic E-state index is 5.83. The van der Waals surface area contributed by atoms with E-state index in [4.69, 9.17) is 5.73 Å². The molecule has 0 aromatic carbocycles. The van der Waals surface area contributed by atoms with E-state index in [2.05, 4.69) is 38.2 Å². The summed E-state index contributed by atoms with van der Waals surface area (Å²) in [5, 5.41) is 0. The number of allylic oxidation sites excluding steroid dienone is 3. The normalized spacial score (nSPS) is 34.1. The fourth-order valence-electron chi connectivity index (χ4n) is 2.05. The van der Waals surface area contributed by atoms with Gasteiger partial charge in [-0.15, -0.1) is 0 Å². The first-order valence-electron chi connectivity index (χ1n) is 4.85. The molecule has 0 amide bonds. The lowest BCUT2D eigenvalue weighted by Gasteiger charge is -2.36. The van der Waals surface area contributed by atoms with Gasteiger partial charge < -0.3 is 5.73 Å². The quantitative estimate of drug-likeness (QED) is 0.683. The van der Waals surface area contributed by atoms with Gasteiger partial charge >= 0.3 is 0 Å². The molecule has 0 aliphatic heterocycles. The SMILES string of the molecule is CCC1C=CC=CC1(CC)CN. The summed E-state index contributed by atoms with van der Waals surface area (Å²) in [5.74, 6) is 0.637. The average molecular weight is 165 g/mol. The molecule has 0 spiro atoms. The van der Waals surface area contributed by atoms with Crippen LogP contribution in [0.1, 0.15) is 26.7 Å². The third kappa shape index (κ3) is 1.46. The minimum atomic E-state index is 0.240. The van der Waals surface area contributed by atoms with E-state index in [0.29, 0.717) is 5.92 Å². The van der Waals surface area contributed by atoms with E-state index < -0.39 is 0 Å². The molecule has 12 heavy (non-hydrogen) atoms. The van der Waals surface area contributed by atoms with E-state index in [-0.39, 0.29) is 5.41 Å². The van der Waals surface area contributed by atoms with Crippen LogP contribution in [0.2, 0.25) is 0 Å². The smallest absolute Gasteiger partial charge is 0.00675 e. The molecular formula is C11H19N. The van der Waals surface area contributed by atoms with Crippen molar-refractivity contribution in [1.82, 2.24) is 0 Å². The van der Waals surface area contributed by atoms with Gasteiger partial charge in [-0.1, -0.05) is 38.2 Å². The molecule has 1 aliphatic carbocycles. The van der Waals surface area contributed by atoms with Crippen LogP contribution in [0.15, 0.2) is 24.3 Å². The Balaban J connectivity index is 2.84. The predicted molar refractivity (Wildman–Crippen MR) is 53.8 cm³/mol. The molecule has 0 heterocycles. The van der Waals surface area contributed by atoms with Crippen LogP contribution in [-0.2, 0) is 0 Å². The molecule has 0 aromatic rings. The van der Waals surface area contributed by atoms with Crippen LogP contribution < -0.4 is 5.73 Å². The molecule has 0 saturated carbocycles. The van der Waals surface area contributed by atoms with E-state index in [0.717, 1.165) is 13.0 Å². The van der Waals surface area contributed by atoms with Gasteiger partial charge in [0.2, 0.25) is 0 Å². The largest absolute Gasteiger partial charge is 0.330 e. The fraction of sp³-hybridized carbons (Fsp3) is 0.636. The standard InChI is InChI=1S/C11H19N/c1-3-10-7-5-6-8-11(10,4-2)9-12/h5-8,10H,3-4,9,12H2,1-2H3. The van der Waals surface area contributed by atoms with Crippen molar-refractivity contribution < 1.29 is 0 Å². The Labute approximate surface area is 75.3 Å². The highest BCUT2D eigenvalue weighted by Crippen LogP contribution is 2.37. The molecule has 0 bridgehead atoms. The summed E-state index contributed by atoms with van der Waals surface area (Å²) < 4.78 is 0. The second kappa shape index (κ2) is 3.90. The molecule has 2 unspecified atom stereocenters. The summed E-state index contributed by atoms with van der Waals surface area (Å²) in [4.78, 5) is 0. The van der Waals surface area contributed by atoms with Gasteiger partial charge in [0.15, 0.2) is 0 Å². The van der Waals surface area contributed by atoms with Crippen LogP contribution in [0.5, 0.6) is 0 Å². The van der Waals surface area contributed by atoms with E-state index in [1.54, 1.807) is 0 Å². The first-order valence-corrected chi connectivity index (χ1v) is 4.85. The lowest BCUT2D eigenvalue weighted by molar-refractivity contribution is 0.264. The van der Waals surface area contributed by atoms with Crippen molar-refractivity contribution >= 4 is 0 Å². The number of rotatable bonds is 3. The summed E-state index contributed by atoms with van der Waals surface area (Å²) in [7, 11) is 0. The Bertz CT molecular complexity index is 187. The van der Waals surface area contributed by atoms with Crippen LogP contribution in [0.25, 0.3) is 0 Å². The summed E-state index contributed by atoms with van der Waals surface area (Å²) >= 11 is 0. The zero-order valence-corrected chi connectivity index (χ0v) is 8.09. The summed E-state index contributed by atoms with van der Waals surface area (Å²) in [6.07, 6.45) is 11.2. The number of nitrogens with two attached hydrogens (primary N) is 1. The van der Waals surface area contributed by atoms with Crippen LogP contribution in [0, 0.1) is 11.3 Å². The maximum Gasteiger partial charge on any atom is 0.00675 e. The minimum Gasteiger partial charge on any atom is -0.330 e. The summed E-state index contributed by atoms with van der Waals surface area (Å²) in [6, 6.07) is 0. The van der Waals surface area contributed by atoms with Gasteiger partial charge in [-0.2, -0.15) is 0 Å². The molecule has 0 saturated heterocycles. The average Bonchev–Trinajstić information content (AvgIpc) is 2.17. The van der Waals surface area contributed by atoms with Crippen LogP contribution in [0.4, 0.5) is 0 Å². The molecular weight excluding hydrogens is 146 g/mol. The first-order chi connectivity index (χ1) is 5.79.